The lowest BCUT2D eigenvalue weighted by Crippen LogP contribution is -2.14. The van der Waals surface area contributed by atoms with E-state index < -0.39 is 22.0 Å². The van der Waals surface area contributed by atoms with Crippen LogP contribution in [0.3, 0.4) is 0 Å². The molecule has 0 saturated heterocycles. The van der Waals surface area contributed by atoms with Gasteiger partial charge >= 0.3 is 0 Å². The Morgan fingerprint density at radius 3 is 2.25 bits per heavy atom. The smallest absolute Gasteiger partial charge is 0.232 e. The zero-order valence-electron chi connectivity index (χ0n) is 6.96. The fourth-order valence-corrected chi connectivity index (χ4v) is 1.22. The van der Waals surface area contributed by atoms with E-state index in [9.17, 15) is 17.2 Å². The molecule has 2 nitrogen and oxygen atoms in total. The first kappa shape index (κ1) is 11.6. The van der Waals surface area contributed by atoms with Crippen molar-refractivity contribution in [2.24, 2.45) is 5.92 Å². The second-order valence-electron chi connectivity index (χ2n) is 2.73. The molecule has 5 heteroatoms. The fourth-order valence-electron chi connectivity index (χ4n) is 0.680. The third-order valence-electron chi connectivity index (χ3n) is 1.80. The van der Waals surface area contributed by atoms with Gasteiger partial charge in [-0.1, -0.05) is 6.92 Å². The van der Waals surface area contributed by atoms with Crippen molar-refractivity contribution < 1.29 is 17.2 Å². The van der Waals surface area contributed by atoms with Crippen LogP contribution in [0.15, 0.2) is 12.2 Å². The Labute approximate surface area is 72.2 Å². The summed E-state index contributed by atoms with van der Waals surface area (Å²) in [4.78, 5) is 0. The maximum absolute atomic E-state index is 11.6. The highest BCUT2D eigenvalue weighted by Crippen LogP contribution is 2.13. The minimum Gasteiger partial charge on any atom is -0.232 e. The molecule has 2 atom stereocenters. The lowest BCUT2D eigenvalue weighted by atomic mass is 10.1. The Bertz CT molecular complexity index is 224. The van der Waals surface area contributed by atoms with E-state index >= 15 is 0 Å². The molecule has 0 aromatic carbocycles. The minimum atomic E-state index is -2.51. The van der Waals surface area contributed by atoms with Gasteiger partial charge in [0.25, 0.3) is 6.08 Å². The van der Waals surface area contributed by atoms with Crippen LogP contribution in [-0.2, 0) is 10.7 Å². The topological polar surface area (TPSA) is 34.1 Å². The fraction of sp³-hybridized carbons (Fsp3) is 0.714. The predicted molar refractivity (Wildman–Crippen MR) is 43.9 cm³/mol. The molecule has 0 aromatic rings. The van der Waals surface area contributed by atoms with Crippen molar-refractivity contribution in [3.8, 4) is 0 Å². The first-order valence-electron chi connectivity index (χ1n) is 3.59. The third kappa shape index (κ3) is 4.43. The molecule has 0 saturated carbocycles. The SMILES string of the molecule is C[C@H]([C@@H](C)CC=C(F)F)[SH](=O)=O. The summed E-state index contributed by atoms with van der Waals surface area (Å²) in [5, 5.41) is -0.546. The van der Waals surface area contributed by atoms with Crippen molar-refractivity contribution >= 4 is 10.7 Å². The summed E-state index contributed by atoms with van der Waals surface area (Å²) in [6.07, 6.45) is -0.900. The van der Waals surface area contributed by atoms with Gasteiger partial charge in [0, 0.05) is 0 Å². The summed E-state index contributed by atoms with van der Waals surface area (Å²) in [6, 6.07) is 0. The van der Waals surface area contributed by atoms with E-state index in [2.05, 4.69) is 0 Å². The van der Waals surface area contributed by atoms with Crippen LogP contribution in [0.2, 0.25) is 0 Å². The highest BCUT2D eigenvalue weighted by molar-refractivity contribution is 7.73. The van der Waals surface area contributed by atoms with E-state index in [1.54, 1.807) is 6.92 Å². The van der Waals surface area contributed by atoms with Crippen LogP contribution in [0.5, 0.6) is 0 Å². The predicted octanol–water partition coefficient (Wildman–Crippen LogP) is 1.79. The molecule has 0 aliphatic rings. The highest BCUT2D eigenvalue weighted by Gasteiger charge is 2.13. The molecule has 0 bridgehead atoms. The summed E-state index contributed by atoms with van der Waals surface area (Å²) in [5.74, 6) is -0.257. The number of hydrogen-bond donors (Lipinski definition) is 1. The summed E-state index contributed by atoms with van der Waals surface area (Å²) in [7, 11) is -2.51. The highest BCUT2D eigenvalue weighted by atomic mass is 32.2. The zero-order valence-corrected chi connectivity index (χ0v) is 7.85. The molecule has 12 heavy (non-hydrogen) atoms. The Morgan fingerprint density at radius 2 is 1.92 bits per heavy atom. The van der Waals surface area contributed by atoms with Gasteiger partial charge in [-0.25, -0.2) is 8.42 Å². The molecule has 0 N–H and O–H groups in total. The molecule has 0 aromatic heterocycles. The van der Waals surface area contributed by atoms with E-state index in [1.807, 2.05) is 0 Å². The summed E-state index contributed by atoms with van der Waals surface area (Å²) in [6.45, 7) is 3.15. The van der Waals surface area contributed by atoms with Crippen molar-refractivity contribution in [1.82, 2.24) is 0 Å². The van der Waals surface area contributed by atoms with E-state index in [0.717, 1.165) is 6.08 Å². The van der Waals surface area contributed by atoms with Crippen LogP contribution >= 0.6 is 0 Å². The van der Waals surface area contributed by atoms with Crippen LogP contribution in [0.4, 0.5) is 8.78 Å². The second kappa shape index (κ2) is 5.24. The third-order valence-corrected chi connectivity index (χ3v) is 2.97. The minimum absolute atomic E-state index is 0.104. The number of allylic oxidation sites excluding steroid dienone is 1. The summed E-state index contributed by atoms with van der Waals surface area (Å²) >= 11 is 0. The van der Waals surface area contributed by atoms with Gasteiger partial charge < -0.3 is 0 Å². The molecule has 0 rings (SSSR count). The number of rotatable bonds is 4. The monoisotopic (exact) mass is 198 g/mol. The van der Waals surface area contributed by atoms with Crippen molar-refractivity contribution in [2.45, 2.75) is 25.5 Å². The molecular formula is C7H12F2O2S. The molecule has 0 heterocycles. The van der Waals surface area contributed by atoms with Gasteiger partial charge in [-0.05, 0) is 25.3 Å². The first-order valence-corrected chi connectivity index (χ1v) is 4.84. The van der Waals surface area contributed by atoms with Crippen molar-refractivity contribution in [3.63, 3.8) is 0 Å². The molecule has 0 aliphatic carbocycles. The van der Waals surface area contributed by atoms with Crippen LogP contribution in [0.25, 0.3) is 0 Å². The molecular weight excluding hydrogens is 186 g/mol. The van der Waals surface area contributed by atoms with Crippen LogP contribution < -0.4 is 0 Å². The van der Waals surface area contributed by atoms with Gasteiger partial charge in [0.05, 0.1) is 5.25 Å². The number of thiol groups is 1. The summed E-state index contributed by atoms with van der Waals surface area (Å²) in [5.41, 5.74) is 0. The van der Waals surface area contributed by atoms with Crippen LogP contribution in [0, 0.1) is 5.92 Å². The normalized spacial score (nSPS) is 15.8. The Morgan fingerprint density at radius 1 is 1.42 bits per heavy atom. The van der Waals surface area contributed by atoms with E-state index in [4.69, 9.17) is 0 Å². The average molecular weight is 198 g/mol. The van der Waals surface area contributed by atoms with E-state index in [1.165, 1.54) is 6.92 Å². The average Bonchev–Trinajstić information content (AvgIpc) is 1.98. The van der Waals surface area contributed by atoms with Gasteiger partial charge in [0.2, 0.25) is 0 Å². The van der Waals surface area contributed by atoms with Gasteiger partial charge in [0.1, 0.15) is 10.7 Å². The van der Waals surface area contributed by atoms with Crippen LogP contribution in [-0.4, -0.2) is 13.7 Å². The lowest BCUT2D eigenvalue weighted by Gasteiger charge is -2.10. The van der Waals surface area contributed by atoms with Crippen molar-refractivity contribution in [2.75, 3.05) is 0 Å². The van der Waals surface area contributed by atoms with Crippen molar-refractivity contribution in [3.05, 3.63) is 12.2 Å². The van der Waals surface area contributed by atoms with E-state index in [0.29, 0.717) is 0 Å². The second-order valence-corrected chi connectivity index (χ2v) is 4.12. The lowest BCUT2D eigenvalue weighted by molar-refractivity contribution is 0.411. The molecule has 0 aliphatic heterocycles. The molecule has 0 spiro atoms. The zero-order chi connectivity index (χ0) is 9.72. The Kier molecular flexibility index (Phi) is 5.04. The van der Waals surface area contributed by atoms with Gasteiger partial charge in [-0.3, -0.25) is 0 Å². The largest absolute Gasteiger partial charge is 0.266 e. The van der Waals surface area contributed by atoms with Gasteiger partial charge in [0.15, 0.2) is 0 Å². The summed E-state index contributed by atoms with van der Waals surface area (Å²) < 4.78 is 44.0. The molecule has 72 valence electrons. The Balaban J connectivity index is 4.04. The number of halogens is 2. The quantitative estimate of drug-likeness (QED) is 0.699. The molecule has 0 amide bonds. The maximum Gasteiger partial charge on any atom is 0.266 e. The van der Waals surface area contributed by atoms with Gasteiger partial charge in [-0.2, -0.15) is 8.78 Å². The first-order chi connectivity index (χ1) is 5.45. The van der Waals surface area contributed by atoms with Gasteiger partial charge in [-0.15, -0.1) is 0 Å². The number of hydrogen-bond acceptors (Lipinski definition) is 2. The molecule has 0 radical (unpaired) electrons. The van der Waals surface area contributed by atoms with Crippen LogP contribution in [0.1, 0.15) is 20.3 Å². The standard InChI is InChI=1S/C7H12F2O2S/c1-5(3-4-7(8)9)6(2)12(10)11/h4-6,12H,3H2,1-2H3/t5-,6+/m0/s1. The van der Waals surface area contributed by atoms with Crippen molar-refractivity contribution in [1.29, 1.82) is 0 Å². The molecule has 0 unspecified atom stereocenters. The van der Waals surface area contributed by atoms with E-state index in [-0.39, 0.29) is 12.3 Å². The maximum atomic E-state index is 11.6. The Hall–Kier alpha value is -0.450. The molecule has 0 fully saturated rings.